The number of fused-ring (bicyclic) bond motifs is 2. The Hall–Kier alpha value is -6.38. The molecule has 0 fully saturated rings. The van der Waals surface area contributed by atoms with Gasteiger partial charge in [-0.15, -0.1) is 0 Å². The molecule has 6 aromatic rings. The minimum absolute atomic E-state index is 0.240. The van der Waals surface area contributed by atoms with Crippen molar-refractivity contribution in [3.8, 4) is 34.4 Å². The Kier molecular flexibility index (Phi) is 12.3. The zero-order valence-corrected chi connectivity index (χ0v) is 34.2. The fourth-order valence-corrected chi connectivity index (χ4v) is 7.80. The van der Waals surface area contributed by atoms with Gasteiger partial charge >= 0.3 is 5.97 Å². The first-order valence-electron chi connectivity index (χ1n) is 19.5. The lowest BCUT2D eigenvalue weighted by atomic mass is 9.92. The van der Waals surface area contributed by atoms with Gasteiger partial charge in [0.25, 0.3) is 0 Å². The highest BCUT2D eigenvalue weighted by Gasteiger charge is 2.36. The summed E-state index contributed by atoms with van der Waals surface area (Å²) < 4.78 is 23.9. The summed E-state index contributed by atoms with van der Waals surface area (Å²) in [6, 6.07) is 38.6. The molecule has 3 atom stereocenters. The summed E-state index contributed by atoms with van der Waals surface area (Å²) in [4.78, 5) is 34.0. The molecule has 3 heterocycles. The number of ether oxygens (including phenoxy) is 4. The minimum Gasteiger partial charge on any atom is -0.489 e. The van der Waals surface area contributed by atoms with E-state index in [0.29, 0.717) is 65.6 Å². The number of benzene rings is 5. The molecular weight excluding hydrogens is 799 g/mol. The van der Waals surface area contributed by atoms with Crippen molar-refractivity contribution in [3.05, 3.63) is 177 Å². The average Bonchev–Trinajstić information content (AvgIpc) is 3.28. The third kappa shape index (κ3) is 9.40. The number of nitriles is 1. The molecule has 12 heteroatoms. The predicted octanol–water partition coefficient (Wildman–Crippen LogP) is 8.85. The van der Waals surface area contributed by atoms with E-state index >= 15 is 0 Å². The fourth-order valence-electron chi connectivity index (χ4n) is 7.48. The Labute approximate surface area is 358 Å². The van der Waals surface area contributed by atoms with Crippen molar-refractivity contribution in [3.63, 3.8) is 0 Å². The molecule has 1 aromatic heterocycles. The molecule has 5 aromatic carbocycles. The lowest BCUT2D eigenvalue weighted by molar-refractivity contribution is -0.146. The second-order valence-corrected chi connectivity index (χ2v) is 15.5. The Bertz CT molecular complexity index is 2530. The summed E-state index contributed by atoms with van der Waals surface area (Å²) in [6.07, 6.45) is 2.02. The van der Waals surface area contributed by atoms with Crippen molar-refractivity contribution >= 4 is 35.1 Å². The van der Waals surface area contributed by atoms with E-state index in [1.165, 1.54) is 7.11 Å². The van der Waals surface area contributed by atoms with Gasteiger partial charge in [-0.25, -0.2) is 4.79 Å². The van der Waals surface area contributed by atoms with Crippen molar-refractivity contribution in [1.82, 2.24) is 15.2 Å². The number of methoxy groups -OCH3 is 1. The Morgan fingerprint density at radius 2 is 1.62 bits per heavy atom. The van der Waals surface area contributed by atoms with Crippen LogP contribution in [0.15, 0.2) is 128 Å². The van der Waals surface area contributed by atoms with Crippen LogP contribution in [0.25, 0.3) is 11.1 Å². The smallest absolute Gasteiger partial charge is 0.328 e. The fraction of sp³-hybridized carbons (Fsp3) is 0.208. The van der Waals surface area contributed by atoms with E-state index in [9.17, 15) is 9.59 Å². The number of pyridine rings is 1. The van der Waals surface area contributed by atoms with E-state index in [4.69, 9.17) is 47.4 Å². The van der Waals surface area contributed by atoms with Crippen molar-refractivity contribution in [2.24, 2.45) is 0 Å². The molecule has 1 N–H and O–H groups in total. The minimum atomic E-state index is -0.915. The number of halogens is 2. The van der Waals surface area contributed by atoms with Crippen LogP contribution < -0.4 is 19.5 Å². The van der Waals surface area contributed by atoms with Gasteiger partial charge in [0.2, 0.25) is 5.91 Å². The van der Waals surface area contributed by atoms with E-state index in [1.807, 2.05) is 97.1 Å². The van der Waals surface area contributed by atoms with Crippen LogP contribution in [-0.2, 0) is 46.9 Å². The van der Waals surface area contributed by atoms with Gasteiger partial charge in [-0.2, -0.15) is 5.26 Å². The molecule has 1 unspecified atom stereocenters. The molecule has 2 aliphatic rings. The Morgan fingerprint density at radius 1 is 0.883 bits per heavy atom. The molecule has 0 saturated carbocycles. The third-order valence-corrected chi connectivity index (χ3v) is 11.5. The molecule has 0 aliphatic carbocycles. The number of nitrogens with one attached hydrogen (secondary N) is 1. The maximum Gasteiger partial charge on any atom is 0.328 e. The van der Waals surface area contributed by atoms with E-state index < -0.39 is 18.1 Å². The van der Waals surface area contributed by atoms with Gasteiger partial charge in [0.15, 0.2) is 17.6 Å². The van der Waals surface area contributed by atoms with Crippen LogP contribution in [0.5, 0.6) is 17.2 Å². The lowest BCUT2D eigenvalue weighted by Gasteiger charge is -2.37. The van der Waals surface area contributed by atoms with Crippen LogP contribution in [0.2, 0.25) is 10.0 Å². The van der Waals surface area contributed by atoms with Crippen LogP contribution in [0.3, 0.4) is 0 Å². The lowest BCUT2D eigenvalue weighted by Crippen LogP contribution is -2.54. The van der Waals surface area contributed by atoms with Gasteiger partial charge in [0.1, 0.15) is 25.0 Å². The molecule has 0 bridgehead atoms. The quantitative estimate of drug-likeness (QED) is 0.121. The number of esters is 1. The predicted molar refractivity (Wildman–Crippen MR) is 228 cm³/mol. The van der Waals surface area contributed by atoms with E-state index in [0.717, 1.165) is 44.6 Å². The van der Waals surface area contributed by atoms with Crippen molar-refractivity contribution < 1.29 is 28.5 Å². The highest BCUT2D eigenvalue weighted by atomic mass is 35.5. The van der Waals surface area contributed by atoms with Gasteiger partial charge in [-0.1, -0.05) is 83.9 Å². The highest BCUT2D eigenvalue weighted by Crippen LogP contribution is 2.41. The number of hydrogen-bond donors (Lipinski definition) is 1. The molecular formula is C48H40Cl2N4O6. The van der Waals surface area contributed by atoms with Crippen LogP contribution in [0.1, 0.15) is 45.2 Å². The normalized spacial score (nSPS) is 16.2. The summed E-state index contributed by atoms with van der Waals surface area (Å²) in [5, 5.41) is 13.1. The number of aromatic nitrogens is 1. The van der Waals surface area contributed by atoms with Crippen LogP contribution in [-0.4, -0.2) is 47.6 Å². The first-order valence-corrected chi connectivity index (χ1v) is 20.2. The monoisotopic (exact) mass is 838 g/mol. The third-order valence-electron chi connectivity index (χ3n) is 10.7. The first kappa shape index (κ1) is 40.4. The molecule has 0 radical (unpaired) electrons. The van der Waals surface area contributed by atoms with Crippen LogP contribution in [0, 0.1) is 11.3 Å². The second kappa shape index (κ2) is 18.3. The number of carbonyl (C=O) groups is 2. The maximum atomic E-state index is 14.3. The van der Waals surface area contributed by atoms with Crippen LogP contribution in [0.4, 0.5) is 0 Å². The number of amides is 1. The summed E-state index contributed by atoms with van der Waals surface area (Å²) in [5.41, 5.74) is 8.02. The van der Waals surface area contributed by atoms with Gasteiger partial charge in [0.05, 0.1) is 40.5 Å². The van der Waals surface area contributed by atoms with Gasteiger partial charge in [-0.3, -0.25) is 14.7 Å². The molecule has 2 aliphatic heterocycles. The average molecular weight is 840 g/mol. The van der Waals surface area contributed by atoms with Crippen LogP contribution >= 0.6 is 23.2 Å². The summed E-state index contributed by atoms with van der Waals surface area (Å²) in [7, 11) is 1.32. The topological polar surface area (TPSA) is 123 Å². The summed E-state index contributed by atoms with van der Waals surface area (Å²) >= 11 is 12.2. The number of hydrogen-bond acceptors (Lipinski definition) is 9. The van der Waals surface area contributed by atoms with Gasteiger partial charge in [0, 0.05) is 25.7 Å². The molecule has 60 heavy (non-hydrogen) atoms. The molecule has 1 amide bonds. The standard InChI is InChI=1S/C48H40Cl2N4O6/c1-57-48(56)42(21-30-5-10-33(11-6-30)34-12-7-31(25-51)8-13-34)53-47(55)43-22-36-23-44-45(24-37(36)26-54(43)27-38-4-2-3-19-52-38)60-46(29-59-44)35-14-16-39(17-15-35)58-28-32-9-18-40(49)41(50)20-32/h2-20,23-24,42-43,46H,21-22,26-29H2,1H3,(H,53,55)/t42?,43-,46+/m0/s1. The summed E-state index contributed by atoms with van der Waals surface area (Å²) in [6.45, 7) is 1.51. The Morgan fingerprint density at radius 3 is 2.32 bits per heavy atom. The van der Waals surface area contributed by atoms with E-state index in [-0.39, 0.29) is 18.4 Å². The van der Waals surface area contributed by atoms with Gasteiger partial charge < -0.3 is 24.3 Å². The summed E-state index contributed by atoms with van der Waals surface area (Å²) in [5.74, 6) is 1.12. The zero-order chi connectivity index (χ0) is 41.6. The molecule has 8 rings (SSSR count). The zero-order valence-electron chi connectivity index (χ0n) is 32.6. The number of rotatable bonds is 12. The number of nitrogens with zero attached hydrogens (tertiary/aromatic N) is 3. The van der Waals surface area contributed by atoms with Gasteiger partial charge in [-0.05, 0) is 106 Å². The molecule has 0 spiro atoms. The second-order valence-electron chi connectivity index (χ2n) is 14.7. The maximum absolute atomic E-state index is 14.3. The Balaban J connectivity index is 0.965. The van der Waals surface area contributed by atoms with E-state index in [2.05, 4.69) is 21.3 Å². The largest absolute Gasteiger partial charge is 0.489 e. The van der Waals surface area contributed by atoms with E-state index in [1.54, 1.807) is 30.5 Å². The number of carbonyl (C=O) groups excluding carboxylic acids is 2. The van der Waals surface area contributed by atoms with Crippen molar-refractivity contribution in [2.75, 3.05) is 13.7 Å². The van der Waals surface area contributed by atoms with Crippen molar-refractivity contribution in [1.29, 1.82) is 5.26 Å². The molecule has 0 saturated heterocycles. The molecule has 302 valence electrons. The highest BCUT2D eigenvalue weighted by molar-refractivity contribution is 6.42. The van der Waals surface area contributed by atoms with Crippen molar-refractivity contribution in [2.45, 2.75) is 50.7 Å². The SMILES string of the molecule is COC(=O)C(Cc1ccc(-c2ccc(C#N)cc2)cc1)NC(=O)[C@@H]1Cc2cc3c(cc2CN1Cc1ccccn1)O[C@@H](c1ccc(OCc2ccc(Cl)c(Cl)c2)cc1)CO3. The first-order chi connectivity index (χ1) is 29.2. The molecule has 10 nitrogen and oxygen atoms in total.